The number of guanidine groups is 1. The molecule has 0 aromatic carbocycles. The molecular weight excluding hydrogens is 440 g/mol. The van der Waals surface area contributed by atoms with Gasteiger partial charge in [-0.15, -0.1) is 0 Å². The van der Waals surface area contributed by atoms with E-state index in [0.717, 1.165) is 25.7 Å². The Labute approximate surface area is 215 Å². The first kappa shape index (κ1) is 33.2. The van der Waals surface area contributed by atoms with Gasteiger partial charge in [0.1, 0.15) is 6.04 Å². The lowest BCUT2D eigenvalue weighted by Gasteiger charge is -2.30. The summed E-state index contributed by atoms with van der Waals surface area (Å²) in [5.41, 5.74) is 10.9. The summed E-state index contributed by atoms with van der Waals surface area (Å²) < 4.78 is 5.36. The van der Waals surface area contributed by atoms with Crippen LogP contribution in [-0.2, 0) is 14.3 Å². The summed E-state index contributed by atoms with van der Waals surface area (Å²) in [6.07, 6.45) is 19.3. The molecule has 7 nitrogen and oxygen atoms in total. The molecule has 1 amide bonds. The quantitative estimate of drug-likeness (QED) is 0.0728. The molecular formula is C28H56N4O3. The van der Waals surface area contributed by atoms with Crippen molar-refractivity contribution in [2.24, 2.45) is 16.5 Å². The van der Waals surface area contributed by atoms with E-state index in [9.17, 15) is 9.59 Å². The van der Waals surface area contributed by atoms with Gasteiger partial charge in [0, 0.05) is 19.5 Å². The number of rotatable bonds is 24. The number of carbonyl (C=O) groups is 2. The maximum atomic E-state index is 13.3. The van der Waals surface area contributed by atoms with E-state index in [1.54, 1.807) is 11.8 Å². The molecule has 0 bridgehead atoms. The smallest absolute Gasteiger partial charge is 0.328 e. The summed E-state index contributed by atoms with van der Waals surface area (Å²) in [6, 6.07) is -0.564. The van der Waals surface area contributed by atoms with E-state index < -0.39 is 6.04 Å². The Morgan fingerprint density at radius 2 is 1.26 bits per heavy atom. The third-order valence-corrected chi connectivity index (χ3v) is 6.43. The molecule has 0 aromatic heterocycles. The number of nitrogens with two attached hydrogens (primary N) is 2. The number of hydrogen-bond acceptors (Lipinski definition) is 4. The zero-order chi connectivity index (χ0) is 26.2. The Bertz CT molecular complexity index is 550. The summed E-state index contributed by atoms with van der Waals surface area (Å²) in [4.78, 5) is 31.9. The molecule has 7 heteroatoms. The van der Waals surface area contributed by atoms with E-state index >= 15 is 0 Å². The summed E-state index contributed by atoms with van der Waals surface area (Å²) in [6.45, 7) is 7.61. The Morgan fingerprint density at radius 1 is 0.743 bits per heavy atom. The van der Waals surface area contributed by atoms with Crippen LogP contribution in [0.5, 0.6) is 0 Å². The van der Waals surface area contributed by atoms with Crippen LogP contribution in [0.25, 0.3) is 0 Å². The van der Waals surface area contributed by atoms with Crippen molar-refractivity contribution in [1.29, 1.82) is 0 Å². The van der Waals surface area contributed by atoms with Crippen LogP contribution in [0.3, 0.4) is 0 Å². The molecule has 1 atom stereocenters. The van der Waals surface area contributed by atoms with Gasteiger partial charge in [0.15, 0.2) is 5.96 Å². The van der Waals surface area contributed by atoms with E-state index in [4.69, 9.17) is 16.2 Å². The summed E-state index contributed by atoms with van der Waals surface area (Å²) in [5.74, 6) is -0.199. The fourth-order valence-electron chi connectivity index (χ4n) is 4.38. The Balaban J connectivity index is 4.93. The van der Waals surface area contributed by atoms with Gasteiger partial charge >= 0.3 is 5.97 Å². The fourth-order valence-corrected chi connectivity index (χ4v) is 4.38. The number of hydrogen-bond donors (Lipinski definition) is 2. The minimum Gasteiger partial charge on any atom is -0.464 e. The summed E-state index contributed by atoms with van der Waals surface area (Å²) in [5, 5.41) is 0. The lowest BCUT2D eigenvalue weighted by atomic mass is 10.0. The van der Waals surface area contributed by atoms with E-state index in [2.05, 4.69) is 18.8 Å². The largest absolute Gasteiger partial charge is 0.464 e. The van der Waals surface area contributed by atoms with Crippen molar-refractivity contribution in [3.63, 3.8) is 0 Å². The van der Waals surface area contributed by atoms with Crippen molar-refractivity contribution < 1.29 is 14.3 Å². The molecule has 35 heavy (non-hydrogen) atoms. The molecule has 0 aliphatic heterocycles. The van der Waals surface area contributed by atoms with E-state index in [-0.39, 0.29) is 17.8 Å². The molecule has 0 aliphatic carbocycles. The second-order valence-corrected chi connectivity index (χ2v) is 9.65. The van der Waals surface area contributed by atoms with Crippen LogP contribution >= 0.6 is 0 Å². The maximum absolute atomic E-state index is 13.3. The van der Waals surface area contributed by atoms with Crippen molar-refractivity contribution in [2.75, 3.05) is 19.7 Å². The number of nitrogens with zero attached hydrogens (tertiary/aromatic N) is 2. The molecule has 0 aromatic rings. The number of esters is 1. The Kier molecular flexibility index (Phi) is 22.7. The van der Waals surface area contributed by atoms with Crippen LogP contribution in [0.4, 0.5) is 0 Å². The molecule has 0 heterocycles. The zero-order valence-electron chi connectivity index (χ0n) is 23.2. The van der Waals surface area contributed by atoms with Crippen molar-refractivity contribution in [3.8, 4) is 0 Å². The predicted molar refractivity (Wildman–Crippen MR) is 147 cm³/mol. The Hall–Kier alpha value is -1.79. The van der Waals surface area contributed by atoms with Crippen LogP contribution < -0.4 is 11.5 Å². The molecule has 0 rings (SSSR count). The molecule has 0 spiro atoms. The van der Waals surface area contributed by atoms with Crippen molar-refractivity contribution in [3.05, 3.63) is 0 Å². The van der Waals surface area contributed by atoms with Gasteiger partial charge in [0.2, 0.25) is 5.91 Å². The van der Waals surface area contributed by atoms with Gasteiger partial charge in [0.05, 0.1) is 6.61 Å². The predicted octanol–water partition coefficient (Wildman–Crippen LogP) is 6.08. The average molecular weight is 497 g/mol. The molecule has 0 radical (unpaired) electrons. The SMILES string of the molecule is CCCCCCCCCCN(C(=O)CCCCCCCCC)C(CCCN=C(N)N)C(=O)OCC. The minimum absolute atomic E-state index is 0.0449. The van der Waals surface area contributed by atoms with Crippen LogP contribution in [-0.4, -0.2) is 48.5 Å². The van der Waals surface area contributed by atoms with Gasteiger partial charge in [-0.2, -0.15) is 0 Å². The van der Waals surface area contributed by atoms with Gasteiger partial charge in [0.25, 0.3) is 0 Å². The Morgan fingerprint density at radius 3 is 1.77 bits per heavy atom. The van der Waals surface area contributed by atoms with E-state index in [1.807, 2.05) is 0 Å². The third-order valence-electron chi connectivity index (χ3n) is 6.43. The van der Waals surface area contributed by atoms with Gasteiger partial charge in [-0.3, -0.25) is 9.79 Å². The second-order valence-electron chi connectivity index (χ2n) is 9.65. The van der Waals surface area contributed by atoms with Gasteiger partial charge in [-0.1, -0.05) is 97.3 Å². The van der Waals surface area contributed by atoms with Crippen molar-refractivity contribution in [1.82, 2.24) is 4.90 Å². The van der Waals surface area contributed by atoms with Crippen LogP contribution in [0.15, 0.2) is 4.99 Å². The van der Waals surface area contributed by atoms with E-state index in [0.29, 0.717) is 39.0 Å². The maximum Gasteiger partial charge on any atom is 0.328 e. The van der Waals surface area contributed by atoms with Gasteiger partial charge in [-0.05, 0) is 32.6 Å². The monoisotopic (exact) mass is 496 g/mol. The van der Waals surface area contributed by atoms with Crippen LogP contribution in [0.2, 0.25) is 0 Å². The minimum atomic E-state index is -0.564. The third kappa shape index (κ3) is 19.1. The average Bonchev–Trinajstić information content (AvgIpc) is 2.83. The first-order valence-corrected chi connectivity index (χ1v) is 14.5. The molecule has 0 saturated heterocycles. The zero-order valence-corrected chi connectivity index (χ0v) is 23.2. The fraction of sp³-hybridized carbons (Fsp3) is 0.893. The van der Waals surface area contributed by atoms with E-state index in [1.165, 1.54) is 70.6 Å². The highest BCUT2D eigenvalue weighted by atomic mass is 16.5. The highest BCUT2D eigenvalue weighted by molar-refractivity contribution is 5.84. The highest BCUT2D eigenvalue weighted by Gasteiger charge is 2.30. The van der Waals surface area contributed by atoms with Gasteiger partial charge < -0.3 is 21.1 Å². The number of ether oxygens (including phenoxy) is 1. The number of amides is 1. The van der Waals surface area contributed by atoms with Crippen LogP contribution in [0, 0.1) is 0 Å². The van der Waals surface area contributed by atoms with Crippen LogP contribution in [0.1, 0.15) is 136 Å². The summed E-state index contributed by atoms with van der Waals surface area (Å²) >= 11 is 0. The normalized spacial score (nSPS) is 11.7. The lowest BCUT2D eigenvalue weighted by molar-refractivity contribution is -0.155. The molecule has 1 unspecified atom stereocenters. The van der Waals surface area contributed by atoms with Crippen molar-refractivity contribution in [2.45, 2.75) is 142 Å². The number of carbonyl (C=O) groups excluding carboxylic acids is 2. The molecule has 4 N–H and O–H groups in total. The number of unbranched alkanes of at least 4 members (excludes halogenated alkanes) is 13. The highest BCUT2D eigenvalue weighted by Crippen LogP contribution is 2.17. The lowest BCUT2D eigenvalue weighted by Crippen LogP contribution is -2.46. The first-order chi connectivity index (χ1) is 17.0. The summed E-state index contributed by atoms with van der Waals surface area (Å²) in [7, 11) is 0. The number of aliphatic imine (C=N–C) groups is 1. The molecule has 0 aliphatic rings. The molecule has 0 fully saturated rings. The topological polar surface area (TPSA) is 111 Å². The second kappa shape index (κ2) is 23.9. The standard InChI is InChI=1S/C28H56N4O3/c1-4-7-9-11-13-15-17-19-24-32(26(33)22-18-16-14-12-10-8-5-2)25(27(34)35-6-3)21-20-23-31-28(29)30/h25H,4-24H2,1-3H3,(H4,29,30,31). The molecule has 206 valence electrons. The first-order valence-electron chi connectivity index (χ1n) is 14.5. The van der Waals surface area contributed by atoms with Crippen molar-refractivity contribution >= 4 is 17.8 Å². The molecule has 0 saturated carbocycles. The van der Waals surface area contributed by atoms with Gasteiger partial charge in [-0.25, -0.2) is 4.79 Å².